The highest BCUT2D eigenvalue weighted by Crippen LogP contribution is 2.46. The molecule has 39 heavy (non-hydrogen) atoms. The number of carbonyl (C=O) groups is 1. The van der Waals surface area contributed by atoms with Crippen LogP contribution in [0.15, 0.2) is 30.7 Å². The number of piperidine rings is 1. The topological polar surface area (TPSA) is 62.5 Å². The first-order chi connectivity index (χ1) is 18.8. The lowest BCUT2D eigenvalue weighted by molar-refractivity contribution is -0.122. The summed E-state index contributed by atoms with van der Waals surface area (Å²) in [7, 11) is 1.72. The van der Waals surface area contributed by atoms with E-state index in [-0.39, 0.29) is 5.91 Å². The number of hydrogen-bond acceptors (Lipinski definition) is 4. The van der Waals surface area contributed by atoms with Gasteiger partial charge in [0.2, 0.25) is 5.91 Å². The molecule has 0 radical (unpaired) electrons. The Bertz CT molecular complexity index is 1370. The molecule has 0 atom stereocenters. The van der Waals surface area contributed by atoms with Crippen molar-refractivity contribution in [2.24, 2.45) is 5.92 Å². The average molecular weight is 528 g/mol. The number of pyridine rings is 1. The van der Waals surface area contributed by atoms with Crippen molar-refractivity contribution < 1.29 is 4.79 Å². The zero-order valence-corrected chi connectivity index (χ0v) is 24.7. The maximum atomic E-state index is 11.9. The minimum atomic E-state index is 0.102. The number of aryl methyl sites for hydroxylation is 1. The third-order valence-corrected chi connectivity index (χ3v) is 8.84. The molecule has 1 saturated heterocycles. The second-order valence-electron chi connectivity index (χ2n) is 12.0. The number of carbonyl (C=O) groups excluding carboxylic acids is 1. The molecule has 1 N–H and O–H groups in total. The Kier molecular flexibility index (Phi) is 8.22. The molecule has 2 fully saturated rings. The zero-order valence-electron chi connectivity index (χ0n) is 24.7. The molecule has 0 spiro atoms. The Balaban J connectivity index is 1.56. The van der Waals surface area contributed by atoms with Crippen LogP contribution in [0, 0.1) is 19.8 Å². The van der Waals surface area contributed by atoms with Crippen LogP contribution in [0.25, 0.3) is 16.8 Å². The van der Waals surface area contributed by atoms with Crippen LogP contribution in [0.5, 0.6) is 0 Å². The van der Waals surface area contributed by atoms with Gasteiger partial charge in [-0.05, 0) is 116 Å². The molecule has 1 saturated carbocycles. The zero-order chi connectivity index (χ0) is 27.7. The summed E-state index contributed by atoms with van der Waals surface area (Å²) < 4.78 is 2.01. The van der Waals surface area contributed by atoms with Crippen molar-refractivity contribution in [3.63, 3.8) is 0 Å². The normalized spacial score (nSPS) is 17.6. The molecule has 0 bridgehead atoms. The van der Waals surface area contributed by atoms with Gasteiger partial charge in [0.25, 0.3) is 0 Å². The van der Waals surface area contributed by atoms with Crippen LogP contribution in [0.1, 0.15) is 105 Å². The van der Waals surface area contributed by atoms with Gasteiger partial charge in [0.15, 0.2) is 5.65 Å². The molecule has 6 nitrogen and oxygen atoms in total. The fraction of sp³-hybridized carbons (Fsp3) is 0.545. The van der Waals surface area contributed by atoms with E-state index in [9.17, 15) is 4.79 Å². The molecule has 1 amide bonds. The summed E-state index contributed by atoms with van der Waals surface area (Å²) in [6, 6.07) is 7.16. The van der Waals surface area contributed by atoms with Crippen LogP contribution in [0.4, 0.5) is 0 Å². The number of likely N-dealkylation sites (N-methyl/N-ethyl adjacent to an activating group) is 1. The van der Waals surface area contributed by atoms with E-state index < -0.39 is 0 Å². The molecule has 0 unspecified atom stereocenters. The summed E-state index contributed by atoms with van der Waals surface area (Å²) in [4.78, 5) is 18.8. The number of amides is 1. The smallest absolute Gasteiger partial charge is 0.233 e. The summed E-state index contributed by atoms with van der Waals surface area (Å²) in [5, 5.41) is 7.34. The summed E-state index contributed by atoms with van der Waals surface area (Å²) in [5.41, 5.74) is 12.3. The molecule has 6 heteroatoms. The predicted molar refractivity (Wildman–Crippen MR) is 160 cm³/mol. The molecule has 1 aromatic carbocycles. The van der Waals surface area contributed by atoms with Gasteiger partial charge in [0.05, 0.1) is 6.54 Å². The van der Waals surface area contributed by atoms with Gasteiger partial charge in [-0.3, -0.25) is 9.69 Å². The van der Waals surface area contributed by atoms with Crippen molar-refractivity contribution in [2.75, 3.05) is 26.7 Å². The number of aromatic nitrogens is 3. The SMILES string of the molecule is CCC/C(=C(\c1cc(C2CCN(CC(=O)NC)CC2)ccc1C)C(C)C)c1cn2ncnc2c(C2CC2)c1C. The molecular formula is C33H45N5O. The number of hydrogen-bond donors (Lipinski definition) is 1. The van der Waals surface area contributed by atoms with Gasteiger partial charge in [-0.15, -0.1) is 0 Å². The maximum Gasteiger partial charge on any atom is 0.233 e. The van der Waals surface area contributed by atoms with Crippen LogP contribution in [0.2, 0.25) is 0 Å². The number of nitrogens with zero attached hydrogens (tertiary/aromatic N) is 4. The molecule has 2 aliphatic rings. The second kappa shape index (κ2) is 11.6. The Morgan fingerprint density at radius 1 is 1.08 bits per heavy atom. The minimum Gasteiger partial charge on any atom is -0.358 e. The highest BCUT2D eigenvalue weighted by atomic mass is 16.1. The van der Waals surface area contributed by atoms with Crippen molar-refractivity contribution in [3.8, 4) is 0 Å². The fourth-order valence-corrected chi connectivity index (χ4v) is 6.61. The third kappa shape index (κ3) is 5.67. The number of allylic oxidation sites excluding steroid dienone is 2. The van der Waals surface area contributed by atoms with E-state index in [4.69, 9.17) is 0 Å². The molecule has 208 valence electrons. The largest absolute Gasteiger partial charge is 0.358 e. The average Bonchev–Trinajstić information content (AvgIpc) is 3.65. The standard InChI is InChI=1S/C33H45N5O/c1-7-8-27(29-18-38-33(35-20-36-38)32(23(29)5)25-11-12-25)31(21(2)3)28-17-26(10-9-22(28)4)24-13-15-37(16-14-24)19-30(39)34-6/h9-10,17-18,20-21,24-25H,7-8,11-16,19H2,1-6H3,(H,34,39)/b31-27+. The summed E-state index contributed by atoms with van der Waals surface area (Å²) >= 11 is 0. The van der Waals surface area contributed by atoms with Crippen molar-refractivity contribution in [1.82, 2.24) is 24.8 Å². The van der Waals surface area contributed by atoms with Crippen LogP contribution < -0.4 is 5.32 Å². The van der Waals surface area contributed by atoms with Gasteiger partial charge in [-0.2, -0.15) is 5.10 Å². The number of fused-ring (bicyclic) bond motifs is 1. The molecule has 3 aromatic rings. The predicted octanol–water partition coefficient (Wildman–Crippen LogP) is 6.52. The number of rotatable bonds is 9. The van der Waals surface area contributed by atoms with Crippen molar-refractivity contribution in [1.29, 1.82) is 0 Å². The highest BCUT2D eigenvalue weighted by Gasteiger charge is 2.31. The lowest BCUT2D eigenvalue weighted by atomic mass is 9.80. The Labute approximate surface area is 233 Å². The first kappa shape index (κ1) is 27.6. The van der Waals surface area contributed by atoms with E-state index in [0.29, 0.717) is 24.3 Å². The van der Waals surface area contributed by atoms with E-state index in [1.54, 1.807) is 13.4 Å². The van der Waals surface area contributed by atoms with Gasteiger partial charge < -0.3 is 5.32 Å². The lowest BCUT2D eigenvalue weighted by Crippen LogP contribution is -2.40. The van der Waals surface area contributed by atoms with Gasteiger partial charge >= 0.3 is 0 Å². The summed E-state index contributed by atoms with van der Waals surface area (Å²) in [5.74, 6) is 1.64. The Morgan fingerprint density at radius 3 is 2.46 bits per heavy atom. The van der Waals surface area contributed by atoms with Gasteiger partial charge in [-0.25, -0.2) is 9.50 Å². The van der Waals surface area contributed by atoms with E-state index in [1.165, 1.54) is 57.4 Å². The highest BCUT2D eigenvalue weighted by molar-refractivity contribution is 5.94. The van der Waals surface area contributed by atoms with Crippen molar-refractivity contribution in [3.05, 3.63) is 64.1 Å². The molecule has 1 aliphatic heterocycles. The van der Waals surface area contributed by atoms with Crippen LogP contribution >= 0.6 is 0 Å². The lowest BCUT2D eigenvalue weighted by Gasteiger charge is -2.32. The van der Waals surface area contributed by atoms with E-state index in [1.807, 2.05) is 4.52 Å². The van der Waals surface area contributed by atoms with Crippen LogP contribution in [-0.4, -0.2) is 52.1 Å². The van der Waals surface area contributed by atoms with Gasteiger partial charge in [0.1, 0.15) is 6.33 Å². The summed E-state index contributed by atoms with van der Waals surface area (Å²) in [6.45, 7) is 14.0. The van der Waals surface area contributed by atoms with E-state index >= 15 is 0 Å². The van der Waals surface area contributed by atoms with Crippen molar-refractivity contribution in [2.45, 2.75) is 85.0 Å². The molecule has 5 rings (SSSR count). The van der Waals surface area contributed by atoms with E-state index in [2.05, 4.69) is 79.3 Å². The number of benzene rings is 1. The van der Waals surface area contributed by atoms with Gasteiger partial charge in [-0.1, -0.05) is 45.4 Å². The minimum absolute atomic E-state index is 0.102. The molecule has 1 aliphatic carbocycles. The Morgan fingerprint density at radius 2 is 1.82 bits per heavy atom. The fourth-order valence-electron chi connectivity index (χ4n) is 6.61. The number of likely N-dealkylation sites (tertiary alicyclic amines) is 1. The van der Waals surface area contributed by atoms with Crippen molar-refractivity contribution >= 4 is 22.7 Å². The molecular weight excluding hydrogens is 482 g/mol. The monoisotopic (exact) mass is 527 g/mol. The molecule has 3 heterocycles. The van der Waals surface area contributed by atoms with Gasteiger partial charge in [0, 0.05) is 18.8 Å². The second-order valence-corrected chi connectivity index (χ2v) is 12.0. The quantitative estimate of drug-likeness (QED) is 0.344. The van der Waals surface area contributed by atoms with E-state index in [0.717, 1.165) is 44.4 Å². The number of nitrogens with one attached hydrogen (secondary N) is 1. The first-order valence-electron chi connectivity index (χ1n) is 14.9. The third-order valence-electron chi connectivity index (χ3n) is 8.84. The van der Waals surface area contributed by atoms with Crippen LogP contribution in [0.3, 0.4) is 0 Å². The Hall–Kier alpha value is -2.99. The first-order valence-corrected chi connectivity index (χ1v) is 14.9. The van der Waals surface area contributed by atoms with Crippen LogP contribution in [-0.2, 0) is 4.79 Å². The molecule has 2 aromatic heterocycles. The maximum absolute atomic E-state index is 11.9. The summed E-state index contributed by atoms with van der Waals surface area (Å²) in [6.07, 6.45) is 10.8.